The van der Waals surface area contributed by atoms with Gasteiger partial charge in [-0.1, -0.05) is 60.7 Å². The molecule has 0 aliphatic heterocycles. The van der Waals surface area contributed by atoms with Crippen molar-refractivity contribution in [1.82, 2.24) is 4.98 Å². The SMILES string of the molecule is Cc1cc(-c2ccccc2)cc(C2=CCC=CC=C2)n1. The number of hydrogen-bond acceptors (Lipinski definition) is 1. The van der Waals surface area contributed by atoms with Crippen molar-refractivity contribution in [1.29, 1.82) is 0 Å². The number of hydrogen-bond donors (Lipinski definition) is 0. The Labute approximate surface area is 120 Å². The van der Waals surface area contributed by atoms with E-state index in [0.717, 1.165) is 17.8 Å². The largest absolute Gasteiger partial charge is 0.253 e. The minimum atomic E-state index is 0.957. The minimum absolute atomic E-state index is 0.957. The molecule has 0 atom stereocenters. The van der Waals surface area contributed by atoms with Crippen molar-refractivity contribution in [2.24, 2.45) is 0 Å². The molecule has 0 spiro atoms. The van der Waals surface area contributed by atoms with Gasteiger partial charge in [-0.2, -0.15) is 0 Å². The lowest BCUT2D eigenvalue weighted by molar-refractivity contribution is 1.17. The van der Waals surface area contributed by atoms with Crippen LogP contribution in [0, 0.1) is 6.92 Å². The van der Waals surface area contributed by atoms with Crippen LogP contribution in [-0.4, -0.2) is 4.98 Å². The van der Waals surface area contributed by atoms with Gasteiger partial charge in [0.05, 0.1) is 5.69 Å². The van der Waals surface area contributed by atoms with E-state index >= 15 is 0 Å². The molecule has 1 heterocycles. The Morgan fingerprint density at radius 1 is 0.950 bits per heavy atom. The molecular weight excluding hydrogens is 242 g/mol. The lowest BCUT2D eigenvalue weighted by Gasteiger charge is -2.08. The summed E-state index contributed by atoms with van der Waals surface area (Å²) >= 11 is 0. The molecule has 1 nitrogen and oxygen atoms in total. The Morgan fingerprint density at radius 2 is 1.80 bits per heavy atom. The fraction of sp³-hybridized carbons (Fsp3) is 0.105. The van der Waals surface area contributed by atoms with E-state index in [-0.39, 0.29) is 0 Å². The maximum absolute atomic E-state index is 4.68. The summed E-state index contributed by atoms with van der Waals surface area (Å²) in [5, 5.41) is 0. The summed E-state index contributed by atoms with van der Waals surface area (Å²) in [4.78, 5) is 4.68. The molecule has 2 aromatic rings. The van der Waals surface area contributed by atoms with Crippen LogP contribution in [0.5, 0.6) is 0 Å². The van der Waals surface area contributed by atoms with Gasteiger partial charge in [-0.3, -0.25) is 4.98 Å². The number of allylic oxidation sites excluding steroid dienone is 6. The molecular formula is C19H17N. The van der Waals surface area contributed by atoms with Crippen LogP contribution in [0.15, 0.2) is 72.8 Å². The molecule has 0 bridgehead atoms. The van der Waals surface area contributed by atoms with Gasteiger partial charge in [0, 0.05) is 5.69 Å². The molecule has 0 N–H and O–H groups in total. The first-order valence-corrected chi connectivity index (χ1v) is 6.91. The van der Waals surface area contributed by atoms with Crippen molar-refractivity contribution < 1.29 is 0 Å². The molecule has 1 aliphatic carbocycles. The highest BCUT2D eigenvalue weighted by Crippen LogP contribution is 2.25. The van der Waals surface area contributed by atoms with Gasteiger partial charge in [0.25, 0.3) is 0 Å². The first kappa shape index (κ1) is 12.6. The Kier molecular flexibility index (Phi) is 3.60. The third-order valence-electron chi connectivity index (χ3n) is 3.35. The number of pyridine rings is 1. The van der Waals surface area contributed by atoms with E-state index in [9.17, 15) is 0 Å². The van der Waals surface area contributed by atoms with Crippen LogP contribution in [0.2, 0.25) is 0 Å². The molecule has 1 aliphatic rings. The molecule has 1 aromatic heterocycles. The summed E-state index contributed by atoms with van der Waals surface area (Å²) in [6, 6.07) is 14.8. The molecule has 1 heteroatoms. The summed E-state index contributed by atoms with van der Waals surface area (Å²) < 4.78 is 0. The predicted molar refractivity (Wildman–Crippen MR) is 85.3 cm³/mol. The van der Waals surface area contributed by atoms with Crippen molar-refractivity contribution in [3.8, 4) is 11.1 Å². The normalized spacial score (nSPS) is 13.9. The second-order valence-corrected chi connectivity index (χ2v) is 4.93. The average Bonchev–Trinajstić information content (AvgIpc) is 2.77. The zero-order valence-electron chi connectivity index (χ0n) is 11.6. The van der Waals surface area contributed by atoms with Gasteiger partial charge < -0.3 is 0 Å². The molecule has 0 radical (unpaired) electrons. The van der Waals surface area contributed by atoms with Crippen molar-refractivity contribution >= 4 is 5.57 Å². The van der Waals surface area contributed by atoms with Crippen LogP contribution in [0.25, 0.3) is 16.7 Å². The van der Waals surface area contributed by atoms with Gasteiger partial charge >= 0.3 is 0 Å². The zero-order valence-corrected chi connectivity index (χ0v) is 11.6. The number of nitrogens with zero attached hydrogens (tertiary/aromatic N) is 1. The van der Waals surface area contributed by atoms with E-state index in [1.54, 1.807) is 0 Å². The van der Waals surface area contributed by atoms with Gasteiger partial charge in [-0.15, -0.1) is 0 Å². The van der Waals surface area contributed by atoms with E-state index in [0.29, 0.717) is 0 Å². The fourth-order valence-corrected chi connectivity index (χ4v) is 2.38. The minimum Gasteiger partial charge on any atom is -0.253 e. The highest BCUT2D eigenvalue weighted by Gasteiger charge is 2.05. The zero-order chi connectivity index (χ0) is 13.8. The first-order chi connectivity index (χ1) is 9.83. The highest BCUT2D eigenvalue weighted by atomic mass is 14.7. The molecule has 1 aromatic carbocycles. The van der Waals surface area contributed by atoms with E-state index in [1.807, 2.05) is 6.07 Å². The third-order valence-corrected chi connectivity index (χ3v) is 3.35. The van der Waals surface area contributed by atoms with Crippen LogP contribution >= 0.6 is 0 Å². The molecule has 0 saturated heterocycles. The van der Waals surface area contributed by atoms with Crippen LogP contribution in [0.3, 0.4) is 0 Å². The standard InChI is InChI=1S/C19H17N/c1-15-13-18(16-9-7-4-8-10-16)14-19(20-15)17-11-5-2-3-6-12-17/h2-5,7-14H,6H2,1H3. The van der Waals surface area contributed by atoms with Gasteiger partial charge in [-0.25, -0.2) is 0 Å². The maximum Gasteiger partial charge on any atom is 0.0708 e. The third kappa shape index (κ3) is 2.77. The number of rotatable bonds is 2. The van der Waals surface area contributed by atoms with Crippen LogP contribution in [0.4, 0.5) is 0 Å². The lowest BCUT2D eigenvalue weighted by Crippen LogP contribution is -1.92. The van der Waals surface area contributed by atoms with E-state index in [4.69, 9.17) is 0 Å². The second kappa shape index (κ2) is 5.70. The monoisotopic (exact) mass is 259 g/mol. The summed E-state index contributed by atoms with van der Waals surface area (Å²) in [6.07, 6.45) is 11.6. The quantitative estimate of drug-likeness (QED) is 0.743. The van der Waals surface area contributed by atoms with Crippen LogP contribution in [-0.2, 0) is 0 Å². The Bertz CT molecular complexity index is 691. The van der Waals surface area contributed by atoms with Crippen molar-refractivity contribution in [2.75, 3.05) is 0 Å². The molecule has 3 rings (SSSR count). The average molecular weight is 259 g/mol. The topological polar surface area (TPSA) is 12.9 Å². The summed E-state index contributed by atoms with van der Waals surface area (Å²) in [5.74, 6) is 0. The molecule has 0 amide bonds. The van der Waals surface area contributed by atoms with Crippen molar-refractivity contribution in [3.05, 3.63) is 84.2 Å². The molecule has 0 unspecified atom stereocenters. The lowest BCUT2D eigenvalue weighted by atomic mass is 10.0. The number of aromatic nitrogens is 1. The van der Waals surface area contributed by atoms with Gasteiger partial charge in [0.2, 0.25) is 0 Å². The van der Waals surface area contributed by atoms with Crippen LogP contribution in [0.1, 0.15) is 17.8 Å². The molecule has 0 saturated carbocycles. The summed E-state index contributed by atoms with van der Waals surface area (Å²) in [7, 11) is 0. The summed E-state index contributed by atoms with van der Waals surface area (Å²) in [6.45, 7) is 2.05. The fourth-order valence-electron chi connectivity index (χ4n) is 2.38. The van der Waals surface area contributed by atoms with E-state index < -0.39 is 0 Å². The highest BCUT2D eigenvalue weighted by molar-refractivity contribution is 5.76. The van der Waals surface area contributed by atoms with E-state index in [1.165, 1.54) is 16.7 Å². The number of benzene rings is 1. The Balaban J connectivity index is 2.05. The van der Waals surface area contributed by atoms with Crippen molar-refractivity contribution in [2.45, 2.75) is 13.3 Å². The van der Waals surface area contributed by atoms with Crippen LogP contribution < -0.4 is 0 Å². The van der Waals surface area contributed by atoms with E-state index in [2.05, 4.69) is 78.7 Å². The Morgan fingerprint density at radius 3 is 2.65 bits per heavy atom. The predicted octanol–water partition coefficient (Wildman–Crippen LogP) is 4.96. The molecule has 20 heavy (non-hydrogen) atoms. The smallest absolute Gasteiger partial charge is 0.0708 e. The van der Waals surface area contributed by atoms with Gasteiger partial charge in [0.15, 0.2) is 0 Å². The van der Waals surface area contributed by atoms with Crippen molar-refractivity contribution in [3.63, 3.8) is 0 Å². The maximum atomic E-state index is 4.68. The first-order valence-electron chi connectivity index (χ1n) is 6.91. The second-order valence-electron chi connectivity index (χ2n) is 4.93. The van der Waals surface area contributed by atoms with Gasteiger partial charge in [0.1, 0.15) is 0 Å². The molecule has 0 fully saturated rings. The van der Waals surface area contributed by atoms with Gasteiger partial charge in [-0.05, 0) is 42.2 Å². The number of aryl methyl sites for hydroxylation is 1. The summed E-state index contributed by atoms with van der Waals surface area (Å²) in [5.41, 5.74) is 5.74. The molecule has 98 valence electrons. The Hall–Kier alpha value is -2.41.